The summed E-state index contributed by atoms with van der Waals surface area (Å²) in [6, 6.07) is 12.8. The van der Waals surface area contributed by atoms with Gasteiger partial charge in [-0.3, -0.25) is 14.9 Å². The molecule has 0 aliphatic carbocycles. The molecule has 2 rings (SSSR count). The Morgan fingerprint density at radius 1 is 0.913 bits per heavy atom. The fourth-order valence-electron chi connectivity index (χ4n) is 1.85. The number of hydrogen-bond donors (Lipinski definition) is 1. The highest BCUT2D eigenvalue weighted by molar-refractivity contribution is 6.02. The number of nitrogens with zero attached hydrogens (tertiary/aromatic N) is 1. The van der Waals surface area contributed by atoms with E-state index in [9.17, 15) is 24.8 Å². The maximum absolute atomic E-state index is 11.4. The van der Waals surface area contributed by atoms with Gasteiger partial charge in [0.05, 0.1) is 10.9 Å². The van der Waals surface area contributed by atoms with Crippen LogP contribution in [0, 0.1) is 10.1 Å². The molecule has 0 aliphatic rings. The van der Waals surface area contributed by atoms with Crippen molar-refractivity contribution in [2.24, 2.45) is 0 Å². The molecule has 0 bridgehead atoms. The second-order valence-corrected chi connectivity index (χ2v) is 4.52. The maximum Gasteiger partial charge on any atom is 0.269 e. The van der Waals surface area contributed by atoms with Gasteiger partial charge < -0.3 is 15.2 Å². The van der Waals surface area contributed by atoms with E-state index >= 15 is 0 Å². The molecule has 7 heteroatoms. The topological polar surface area (TPSA) is 112 Å². The molecule has 1 amide bonds. The van der Waals surface area contributed by atoms with Crippen LogP contribution in [0.3, 0.4) is 0 Å². The summed E-state index contributed by atoms with van der Waals surface area (Å²) in [6.07, 6.45) is 1.50. The van der Waals surface area contributed by atoms with Gasteiger partial charge in [-0.1, -0.05) is 12.1 Å². The predicted octanol–water partition coefficient (Wildman–Crippen LogP) is 1.51. The number of nitro groups is 1. The first-order valence-corrected chi connectivity index (χ1v) is 6.50. The normalized spacial score (nSPS) is 10.4. The Balaban J connectivity index is 2.08. The molecular weight excluding hydrogens is 300 g/mol. The zero-order valence-corrected chi connectivity index (χ0v) is 11.8. The third-order valence-corrected chi connectivity index (χ3v) is 2.93. The van der Waals surface area contributed by atoms with Crippen molar-refractivity contribution in [3.63, 3.8) is 0 Å². The first-order valence-electron chi connectivity index (χ1n) is 6.50. The number of carbonyl (C=O) groups is 2. The number of carbonyl (C=O) groups excluding carboxylic acids is 2. The van der Waals surface area contributed by atoms with Gasteiger partial charge in [0, 0.05) is 23.9 Å². The molecule has 1 N–H and O–H groups in total. The predicted molar refractivity (Wildman–Crippen MR) is 81.3 cm³/mol. The van der Waals surface area contributed by atoms with E-state index in [1.165, 1.54) is 12.1 Å². The van der Waals surface area contributed by atoms with Gasteiger partial charge in [-0.25, -0.2) is 0 Å². The van der Waals surface area contributed by atoms with Crippen LogP contribution in [0.25, 0.3) is 11.1 Å². The first kappa shape index (κ1) is 15.9. The maximum atomic E-state index is 11.4. The van der Waals surface area contributed by atoms with E-state index in [4.69, 9.17) is 0 Å². The molecule has 0 saturated heterocycles. The molecule has 0 atom stereocenters. The van der Waals surface area contributed by atoms with Crippen LogP contribution in [0.5, 0.6) is 0 Å². The smallest absolute Gasteiger partial charge is 0.269 e. The largest absolute Gasteiger partial charge is 0.545 e. The Morgan fingerprint density at radius 3 is 1.91 bits per heavy atom. The summed E-state index contributed by atoms with van der Waals surface area (Å²) < 4.78 is 0. The molecule has 0 saturated carbocycles. The number of carboxylic acids is 1. The van der Waals surface area contributed by atoms with Gasteiger partial charge in [0.15, 0.2) is 0 Å². The van der Waals surface area contributed by atoms with Crippen molar-refractivity contribution in [1.82, 2.24) is 0 Å². The van der Waals surface area contributed by atoms with Crippen LogP contribution >= 0.6 is 0 Å². The molecule has 0 aliphatic heterocycles. The zero-order chi connectivity index (χ0) is 16.8. The minimum atomic E-state index is -1.45. The monoisotopic (exact) mass is 311 g/mol. The van der Waals surface area contributed by atoms with Crippen LogP contribution in [0.1, 0.15) is 0 Å². The number of aliphatic carboxylic acids is 1. The first-order chi connectivity index (χ1) is 11.0. The number of rotatable bonds is 5. The number of nitro benzene ring substituents is 1. The third-order valence-electron chi connectivity index (χ3n) is 2.93. The van der Waals surface area contributed by atoms with Crippen LogP contribution in [0.2, 0.25) is 0 Å². The molecular formula is C16H11N2O5-. The summed E-state index contributed by atoms with van der Waals surface area (Å²) >= 11 is 0. The Morgan fingerprint density at radius 2 is 1.43 bits per heavy atom. The average Bonchev–Trinajstić information content (AvgIpc) is 2.54. The Kier molecular flexibility index (Phi) is 4.83. The van der Waals surface area contributed by atoms with E-state index in [1.54, 1.807) is 36.4 Å². The summed E-state index contributed by atoms with van der Waals surface area (Å²) in [7, 11) is 0. The number of non-ortho nitro benzene ring substituents is 1. The zero-order valence-electron chi connectivity index (χ0n) is 11.8. The van der Waals surface area contributed by atoms with Crippen molar-refractivity contribution < 1.29 is 19.6 Å². The van der Waals surface area contributed by atoms with Crippen molar-refractivity contribution >= 4 is 23.3 Å². The molecule has 0 aromatic heterocycles. The molecule has 2 aromatic rings. The van der Waals surface area contributed by atoms with E-state index in [1.807, 2.05) is 0 Å². The molecule has 7 nitrogen and oxygen atoms in total. The number of anilines is 1. The molecule has 0 radical (unpaired) electrons. The van der Waals surface area contributed by atoms with Gasteiger partial charge in [0.1, 0.15) is 0 Å². The van der Waals surface area contributed by atoms with Crippen molar-refractivity contribution in [3.8, 4) is 11.1 Å². The third kappa shape index (κ3) is 4.50. The van der Waals surface area contributed by atoms with Gasteiger partial charge in [-0.2, -0.15) is 0 Å². The number of nitrogens with one attached hydrogen (secondary N) is 1. The molecule has 116 valence electrons. The van der Waals surface area contributed by atoms with Crippen LogP contribution in [0.4, 0.5) is 11.4 Å². The highest BCUT2D eigenvalue weighted by Crippen LogP contribution is 2.23. The summed E-state index contributed by atoms with van der Waals surface area (Å²) in [5, 5.41) is 23.3. The van der Waals surface area contributed by atoms with Gasteiger partial charge in [-0.05, 0) is 41.5 Å². The quantitative estimate of drug-likeness (QED) is 0.511. The minimum absolute atomic E-state index is 0.0114. The van der Waals surface area contributed by atoms with E-state index in [-0.39, 0.29) is 5.69 Å². The second-order valence-electron chi connectivity index (χ2n) is 4.52. The molecule has 0 fully saturated rings. The molecule has 0 spiro atoms. The van der Waals surface area contributed by atoms with Crippen molar-refractivity contribution in [2.45, 2.75) is 0 Å². The van der Waals surface area contributed by atoms with Crippen LogP contribution < -0.4 is 10.4 Å². The molecule has 23 heavy (non-hydrogen) atoms. The Bertz CT molecular complexity index is 764. The fraction of sp³-hybridized carbons (Fsp3) is 0. The van der Waals surface area contributed by atoms with Crippen LogP contribution in [-0.2, 0) is 9.59 Å². The van der Waals surface area contributed by atoms with E-state index in [0.717, 1.165) is 17.2 Å². The number of benzene rings is 2. The van der Waals surface area contributed by atoms with E-state index < -0.39 is 16.8 Å². The summed E-state index contributed by atoms with van der Waals surface area (Å²) in [6.45, 7) is 0. The lowest BCUT2D eigenvalue weighted by Gasteiger charge is -2.05. The minimum Gasteiger partial charge on any atom is -0.545 e. The number of amides is 1. The number of hydrogen-bond acceptors (Lipinski definition) is 5. The lowest BCUT2D eigenvalue weighted by Crippen LogP contribution is -2.20. The SMILES string of the molecule is O=C([O-])/C=C/C(=O)Nc1ccc(-c2ccc([N+](=O)[O-])cc2)cc1. The van der Waals surface area contributed by atoms with E-state index in [0.29, 0.717) is 11.8 Å². The lowest BCUT2D eigenvalue weighted by molar-refractivity contribution is -0.384. The second kappa shape index (κ2) is 6.99. The van der Waals surface area contributed by atoms with Crippen LogP contribution in [0.15, 0.2) is 60.7 Å². The van der Waals surface area contributed by atoms with Crippen molar-refractivity contribution in [2.75, 3.05) is 5.32 Å². The van der Waals surface area contributed by atoms with Gasteiger partial charge in [0.2, 0.25) is 5.91 Å². The van der Waals surface area contributed by atoms with Gasteiger partial charge >= 0.3 is 0 Å². The summed E-state index contributed by atoms with van der Waals surface area (Å²) in [4.78, 5) is 31.8. The summed E-state index contributed by atoms with van der Waals surface area (Å²) in [5.74, 6) is -2.04. The molecule has 0 unspecified atom stereocenters. The molecule has 0 heterocycles. The van der Waals surface area contributed by atoms with E-state index in [2.05, 4.69) is 5.32 Å². The standard InChI is InChI=1S/C16H12N2O5/c19-15(9-10-16(20)21)17-13-5-1-11(2-6-13)12-3-7-14(8-4-12)18(22)23/h1-10H,(H,17,19)(H,20,21)/p-1/b10-9+. The van der Waals surface area contributed by atoms with Gasteiger partial charge in [0.25, 0.3) is 5.69 Å². The highest BCUT2D eigenvalue weighted by Gasteiger charge is 2.05. The Labute approximate surface area is 131 Å². The average molecular weight is 311 g/mol. The van der Waals surface area contributed by atoms with Crippen molar-refractivity contribution in [3.05, 3.63) is 70.8 Å². The number of carboxylic acid groups (broad SMARTS) is 1. The molecule has 2 aromatic carbocycles. The van der Waals surface area contributed by atoms with Crippen molar-refractivity contribution in [1.29, 1.82) is 0 Å². The van der Waals surface area contributed by atoms with Crippen LogP contribution in [-0.4, -0.2) is 16.8 Å². The highest BCUT2D eigenvalue weighted by atomic mass is 16.6. The summed E-state index contributed by atoms with van der Waals surface area (Å²) in [5.41, 5.74) is 2.12. The Hall–Kier alpha value is -3.48. The fourth-order valence-corrected chi connectivity index (χ4v) is 1.85. The lowest BCUT2D eigenvalue weighted by atomic mass is 10.1. The van der Waals surface area contributed by atoms with Gasteiger partial charge in [-0.15, -0.1) is 0 Å².